The first kappa shape index (κ1) is 39.0. The number of nitrogens with zero attached hydrogens (tertiary/aromatic N) is 4. The number of rotatable bonds is 13. The van der Waals surface area contributed by atoms with Gasteiger partial charge in [0, 0.05) is 41.5 Å². The van der Waals surface area contributed by atoms with Gasteiger partial charge in [-0.25, -0.2) is 4.98 Å². The molecule has 0 aliphatic rings. The van der Waals surface area contributed by atoms with Gasteiger partial charge in [0.2, 0.25) is 0 Å². The fourth-order valence-corrected chi connectivity index (χ4v) is 3.42. The Balaban J connectivity index is 0.000000318. The van der Waals surface area contributed by atoms with E-state index in [1.54, 1.807) is 18.6 Å². The van der Waals surface area contributed by atoms with Gasteiger partial charge < -0.3 is 41.4 Å². The summed E-state index contributed by atoms with van der Waals surface area (Å²) in [5, 5.41) is 53.7. The number of aliphatic carboxylic acids is 6. The van der Waals surface area contributed by atoms with Crippen molar-refractivity contribution in [3.63, 3.8) is 0 Å². The maximum atomic E-state index is 10.3. The summed E-state index contributed by atoms with van der Waals surface area (Å²) in [6.45, 7) is -2.42. The van der Waals surface area contributed by atoms with Crippen LogP contribution < -0.4 is 11.1 Å². The number of imidazole rings is 1. The monoisotopic (exact) mass is 659 g/mol. The molecule has 4 aromatic rings. The Morgan fingerprint density at radius 2 is 1.17 bits per heavy atom. The van der Waals surface area contributed by atoms with E-state index in [0.717, 1.165) is 32.4 Å². The smallest absolute Gasteiger partial charge is 0.320 e. The van der Waals surface area contributed by atoms with Crippen LogP contribution in [-0.2, 0) is 35.2 Å². The number of carboxylic acids is 6. The summed E-state index contributed by atoms with van der Waals surface area (Å²) in [5.41, 5.74) is 7.95. The molecule has 0 spiro atoms. The molecule has 19 heteroatoms. The van der Waals surface area contributed by atoms with Crippen LogP contribution >= 0.6 is 0 Å². The number of benzene rings is 1. The van der Waals surface area contributed by atoms with Gasteiger partial charge in [0.05, 0.1) is 50.1 Å². The molecule has 0 saturated carbocycles. The molecule has 3 heterocycles. The first-order valence-corrected chi connectivity index (χ1v) is 13.3. The second kappa shape index (κ2) is 20.8. The van der Waals surface area contributed by atoms with Gasteiger partial charge in [0.25, 0.3) is 0 Å². The van der Waals surface area contributed by atoms with Gasteiger partial charge in [0.1, 0.15) is 6.04 Å². The summed E-state index contributed by atoms with van der Waals surface area (Å²) in [4.78, 5) is 76.1. The number of hydrogen-bond donors (Lipinski definition) is 9. The maximum Gasteiger partial charge on any atom is 0.320 e. The van der Waals surface area contributed by atoms with E-state index in [-0.39, 0.29) is 19.5 Å². The minimum atomic E-state index is -1.26. The molecule has 3 aromatic heterocycles. The fraction of sp³-hybridized carbons (Fsp3) is 0.250. The van der Waals surface area contributed by atoms with Crippen LogP contribution in [0.1, 0.15) is 5.69 Å². The lowest BCUT2D eigenvalue weighted by Gasteiger charge is -2.14. The highest BCUT2D eigenvalue weighted by Crippen LogP contribution is 2.20. The van der Waals surface area contributed by atoms with Crippen LogP contribution in [0.5, 0.6) is 0 Å². The molecule has 0 aliphatic carbocycles. The van der Waals surface area contributed by atoms with Gasteiger partial charge in [0.15, 0.2) is 0 Å². The lowest BCUT2D eigenvalue weighted by Crippen LogP contribution is -2.38. The minimum absolute atomic E-state index is 0.287. The zero-order valence-electron chi connectivity index (χ0n) is 24.6. The summed E-state index contributed by atoms with van der Waals surface area (Å²) >= 11 is 0. The van der Waals surface area contributed by atoms with Crippen LogP contribution in [0.25, 0.3) is 21.8 Å². The van der Waals surface area contributed by atoms with E-state index in [4.69, 9.17) is 36.4 Å². The van der Waals surface area contributed by atoms with Crippen molar-refractivity contribution in [2.24, 2.45) is 5.73 Å². The third kappa shape index (κ3) is 17.1. The Morgan fingerprint density at radius 3 is 1.51 bits per heavy atom. The van der Waals surface area contributed by atoms with Crippen molar-refractivity contribution in [3.05, 3.63) is 67.0 Å². The van der Waals surface area contributed by atoms with Gasteiger partial charge in [-0.05, 0) is 12.1 Å². The normalized spacial score (nSPS) is 10.7. The fourth-order valence-electron chi connectivity index (χ4n) is 3.42. The quantitative estimate of drug-likeness (QED) is 0.0811. The Bertz CT molecular complexity index is 1530. The maximum absolute atomic E-state index is 10.3. The molecule has 0 bridgehead atoms. The summed E-state index contributed by atoms with van der Waals surface area (Å²) in [6.07, 6.45) is 6.94. The first-order chi connectivity index (χ1) is 22.2. The van der Waals surface area contributed by atoms with E-state index in [1.807, 2.05) is 12.1 Å². The second-order valence-corrected chi connectivity index (χ2v) is 9.16. The molecule has 0 saturated heterocycles. The molecule has 1 atom stereocenters. The SMILES string of the molecule is N[C@@H](Cc1cnc[nH]1)C(=O)O.O=C(O)CN(CC(=O)O)CC(=O)O.O=C(O)CNCC(=O)O.c1cnc2c(c1)ccc1cccnc12. The van der Waals surface area contributed by atoms with Crippen molar-refractivity contribution >= 4 is 57.6 Å². The van der Waals surface area contributed by atoms with Crippen molar-refractivity contribution in [1.82, 2.24) is 30.2 Å². The van der Waals surface area contributed by atoms with Crippen molar-refractivity contribution in [1.29, 1.82) is 0 Å². The van der Waals surface area contributed by atoms with Crippen molar-refractivity contribution in [2.45, 2.75) is 12.5 Å². The predicted octanol–water partition coefficient (Wildman–Crippen LogP) is -0.565. The summed E-state index contributed by atoms with van der Waals surface area (Å²) in [7, 11) is 0. The number of nitrogens with one attached hydrogen (secondary N) is 2. The second-order valence-electron chi connectivity index (χ2n) is 9.16. The van der Waals surface area contributed by atoms with E-state index in [0.29, 0.717) is 0 Å². The molecule has 0 unspecified atom stereocenters. The van der Waals surface area contributed by atoms with Crippen LogP contribution in [-0.4, -0.2) is 130 Å². The highest BCUT2D eigenvalue weighted by molar-refractivity contribution is 6.02. The van der Waals surface area contributed by atoms with Crippen LogP contribution in [0.2, 0.25) is 0 Å². The molecule has 0 fully saturated rings. The molecule has 10 N–H and O–H groups in total. The van der Waals surface area contributed by atoms with E-state index in [2.05, 4.69) is 49.5 Å². The Hall–Kier alpha value is -6.05. The Kier molecular flexibility index (Phi) is 17.3. The number of nitrogens with two attached hydrogens (primary N) is 1. The molecule has 252 valence electrons. The number of carboxylic acid groups (broad SMARTS) is 6. The zero-order chi connectivity index (χ0) is 35.4. The number of H-pyrrole nitrogens is 1. The number of carbonyl (C=O) groups is 6. The highest BCUT2D eigenvalue weighted by atomic mass is 16.4. The molecule has 4 rings (SSSR count). The van der Waals surface area contributed by atoms with Crippen molar-refractivity contribution in [3.8, 4) is 0 Å². The first-order valence-electron chi connectivity index (χ1n) is 13.3. The number of aromatic amines is 1. The minimum Gasteiger partial charge on any atom is -0.480 e. The van der Waals surface area contributed by atoms with Crippen molar-refractivity contribution < 1.29 is 59.4 Å². The Morgan fingerprint density at radius 1 is 0.723 bits per heavy atom. The van der Waals surface area contributed by atoms with Gasteiger partial charge in [-0.3, -0.25) is 49.0 Å². The number of pyridine rings is 2. The highest BCUT2D eigenvalue weighted by Gasteiger charge is 2.16. The van der Waals surface area contributed by atoms with Gasteiger partial charge in [-0.1, -0.05) is 24.3 Å². The van der Waals surface area contributed by atoms with E-state index in [1.165, 1.54) is 6.33 Å². The van der Waals surface area contributed by atoms with Gasteiger partial charge >= 0.3 is 35.8 Å². The summed E-state index contributed by atoms with van der Waals surface area (Å²) in [5.74, 6) is -6.90. The molecule has 19 nitrogen and oxygen atoms in total. The number of aromatic nitrogens is 4. The average molecular weight is 660 g/mol. The number of fused-ring (bicyclic) bond motifs is 3. The largest absolute Gasteiger partial charge is 0.480 e. The van der Waals surface area contributed by atoms with Crippen LogP contribution in [0.15, 0.2) is 61.3 Å². The average Bonchev–Trinajstić information content (AvgIpc) is 3.50. The van der Waals surface area contributed by atoms with E-state index in [9.17, 15) is 28.8 Å². The van der Waals surface area contributed by atoms with Crippen LogP contribution in [0.3, 0.4) is 0 Å². The molecule has 0 radical (unpaired) electrons. The van der Waals surface area contributed by atoms with Crippen LogP contribution in [0, 0.1) is 0 Å². The molecule has 0 aliphatic heterocycles. The summed E-state index contributed by atoms with van der Waals surface area (Å²) < 4.78 is 0. The standard InChI is InChI=1S/C12H8N2.C6H9N3O2.C6H9NO6.C4H7NO4/c1-3-9-5-6-10-4-2-8-14-12(10)11(9)13-7-1;7-5(6(10)11)1-4-2-8-3-9-4;8-4(9)1-7(2-5(10)11)3-6(12)13;6-3(7)1-5-2-4(8)9/h1-8H;2-3,5H,1,7H2,(H,8,9)(H,10,11);1-3H2,(H,8,9)(H,10,11)(H,12,13);5H,1-2H2,(H,6,7)(H,8,9)/t;5-;;/m.0../s1. The molecular weight excluding hydrogens is 626 g/mol. The van der Waals surface area contributed by atoms with E-state index >= 15 is 0 Å². The third-order valence-corrected chi connectivity index (χ3v) is 5.29. The van der Waals surface area contributed by atoms with E-state index < -0.39 is 61.5 Å². The molecular formula is C28H33N7O12. The predicted molar refractivity (Wildman–Crippen MR) is 162 cm³/mol. The summed E-state index contributed by atoms with van der Waals surface area (Å²) in [6, 6.07) is 11.3. The third-order valence-electron chi connectivity index (χ3n) is 5.29. The lowest BCUT2D eigenvalue weighted by molar-refractivity contribution is -0.145. The zero-order valence-corrected chi connectivity index (χ0v) is 24.6. The lowest BCUT2D eigenvalue weighted by atomic mass is 10.1. The van der Waals surface area contributed by atoms with Gasteiger partial charge in [-0.15, -0.1) is 0 Å². The van der Waals surface area contributed by atoms with Gasteiger partial charge in [-0.2, -0.15) is 0 Å². The molecule has 1 aromatic carbocycles. The topological polar surface area (TPSA) is 320 Å². The van der Waals surface area contributed by atoms with Crippen LogP contribution in [0.4, 0.5) is 0 Å². The molecule has 0 amide bonds. The van der Waals surface area contributed by atoms with Crippen molar-refractivity contribution in [2.75, 3.05) is 32.7 Å². The molecule has 47 heavy (non-hydrogen) atoms. The Labute approximate surface area is 265 Å². The number of hydrogen-bond acceptors (Lipinski definition) is 12.